The van der Waals surface area contributed by atoms with Crippen molar-refractivity contribution in [3.05, 3.63) is 0 Å². The van der Waals surface area contributed by atoms with Crippen molar-refractivity contribution in [2.24, 2.45) is 5.41 Å². The van der Waals surface area contributed by atoms with Crippen molar-refractivity contribution in [2.75, 3.05) is 31.7 Å². The van der Waals surface area contributed by atoms with Crippen molar-refractivity contribution in [1.29, 1.82) is 0 Å². The van der Waals surface area contributed by atoms with E-state index in [0.29, 0.717) is 6.42 Å². The molecule has 0 aromatic heterocycles. The third kappa shape index (κ3) is 3.55. The quantitative estimate of drug-likeness (QED) is 0.689. The third-order valence-corrected chi connectivity index (χ3v) is 3.84. The monoisotopic (exact) mass is 221 g/mol. The summed E-state index contributed by atoms with van der Waals surface area (Å²) in [5.41, 5.74) is -0.207. The van der Waals surface area contributed by atoms with Crippen LogP contribution in [0.5, 0.6) is 0 Å². The van der Waals surface area contributed by atoms with Gasteiger partial charge in [0.2, 0.25) is 0 Å². The highest BCUT2D eigenvalue weighted by Gasteiger charge is 2.31. The van der Waals surface area contributed by atoms with Gasteiger partial charge in [-0.2, -0.15) is 0 Å². The Morgan fingerprint density at radius 3 is 2.64 bits per heavy atom. The maximum atomic E-state index is 11.0. The molecule has 1 fully saturated rings. The third-order valence-electron chi connectivity index (χ3n) is 2.90. The van der Waals surface area contributed by atoms with Gasteiger partial charge in [-0.25, -0.2) is 8.42 Å². The largest absolute Gasteiger partial charge is 0.396 e. The Morgan fingerprint density at radius 1 is 1.50 bits per heavy atom. The van der Waals surface area contributed by atoms with Crippen LogP contribution in [0.4, 0.5) is 0 Å². The molecule has 0 radical (unpaired) electrons. The molecule has 0 aromatic carbocycles. The normalized spacial score (nSPS) is 29.0. The topological polar surface area (TPSA) is 66.4 Å². The lowest BCUT2D eigenvalue weighted by molar-refractivity contribution is 0.0915. The van der Waals surface area contributed by atoms with Crippen molar-refractivity contribution in [2.45, 2.75) is 19.3 Å². The molecule has 1 unspecified atom stereocenters. The van der Waals surface area contributed by atoms with E-state index < -0.39 is 9.84 Å². The van der Waals surface area contributed by atoms with Crippen molar-refractivity contribution < 1.29 is 13.5 Å². The molecule has 0 aromatic rings. The highest BCUT2D eigenvalue weighted by atomic mass is 32.2. The molecule has 1 aliphatic heterocycles. The maximum absolute atomic E-state index is 11.0. The van der Waals surface area contributed by atoms with Crippen molar-refractivity contribution in [3.63, 3.8) is 0 Å². The van der Waals surface area contributed by atoms with E-state index >= 15 is 0 Å². The zero-order valence-electron chi connectivity index (χ0n) is 8.62. The summed E-state index contributed by atoms with van der Waals surface area (Å²) in [7, 11) is -2.91. The zero-order chi connectivity index (χ0) is 10.7. The first-order chi connectivity index (χ1) is 6.47. The molecular formula is C9H19NO3S. The van der Waals surface area contributed by atoms with Crippen molar-refractivity contribution >= 4 is 9.84 Å². The molecule has 0 saturated carbocycles. The second-order valence-corrected chi connectivity index (χ2v) is 6.58. The van der Waals surface area contributed by atoms with Gasteiger partial charge in [-0.1, -0.05) is 0 Å². The van der Waals surface area contributed by atoms with E-state index in [1.54, 1.807) is 0 Å². The highest BCUT2D eigenvalue weighted by molar-refractivity contribution is 7.90. The van der Waals surface area contributed by atoms with Crippen LogP contribution in [-0.2, 0) is 9.84 Å². The van der Waals surface area contributed by atoms with Gasteiger partial charge in [-0.15, -0.1) is 0 Å². The molecular weight excluding hydrogens is 202 g/mol. The van der Waals surface area contributed by atoms with Gasteiger partial charge in [0.25, 0.3) is 0 Å². The van der Waals surface area contributed by atoms with Gasteiger partial charge in [0, 0.05) is 24.8 Å². The number of hydrogen-bond donors (Lipinski definition) is 2. The Morgan fingerprint density at radius 2 is 2.21 bits per heavy atom. The van der Waals surface area contributed by atoms with E-state index in [1.807, 2.05) is 0 Å². The van der Waals surface area contributed by atoms with Gasteiger partial charge >= 0.3 is 0 Å². The van der Waals surface area contributed by atoms with E-state index in [2.05, 4.69) is 5.32 Å². The molecule has 5 heteroatoms. The van der Waals surface area contributed by atoms with E-state index in [1.165, 1.54) is 6.26 Å². The van der Waals surface area contributed by atoms with E-state index in [9.17, 15) is 13.5 Å². The summed E-state index contributed by atoms with van der Waals surface area (Å²) in [5.74, 6) is 0.176. The fourth-order valence-corrected chi connectivity index (χ4v) is 2.66. The van der Waals surface area contributed by atoms with Gasteiger partial charge in [-0.3, -0.25) is 0 Å². The number of aliphatic hydroxyl groups is 1. The smallest absolute Gasteiger partial charge is 0.147 e. The average Bonchev–Trinajstić information content (AvgIpc) is 2.15. The van der Waals surface area contributed by atoms with Gasteiger partial charge in [0.05, 0.1) is 5.75 Å². The van der Waals surface area contributed by atoms with Gasteiger partial charge < -0.3 is 10.4 Å². The van der Waals surface area contributed by atoms with Crippen LogP contribution < -0.4 is 5.32 Å². The number of sulfone groups is 1. The van der Waals surface area contributed by atoms with E-state index in [0.717, 1.165) is 25.9 Å². The van der Waals surface area contributed by atoms with Gasteiger partial charge in [0.1, 0.15) is 9.84 Å². The molecule has 0 bridgehead atoms. The molecule has 1 rings (SSSR count). The minimum absolute atomic E-state index is 0.0789. The SMILES string of the molecule is CS(=O)(=O)CCC1(CO)CCCNC1. The molecule has 84 valence electrons. The molecule has 0 spiro atoms. The van der Waals surface area contributed by atoms with E-state index in [-0.39, 0.29) is 17.8 Å². The molecule has 0 amide bonds. The van der Waals surface area contributed by atoms with Crippen LogP contribution in [0.1, 0.15) is 19.3 Å². The second kappa shape index (κ2) is 4.59. The molecule has 0 aliphatic carbocycles. The van der Waals surface area contributed by atoms with Gasteiger partial charge in [-0.05, 0) is 25.8 Å². The van der Waals surface area contributed by atoms with E-state index in [4.69, 9.17) is 0 Å². The summed E-state index contributed by atoms with van der Waals surface area (Å²) in [6, 6.07) is 0. The fraction of sp³-hybridized carbons (Fsp3) is 1.00. The number of nitrogens with one attached hydrogen (secondary N) is 1. The van der Waals surface area contributed by atoms with Crippen LogP contribution in [0.3, 0.4) is 0 Å². The molecule has 4 nitrogen and oxygen atoms in total. The lowest BCUT2D eigenvalue weighted by Crippen LogP contribution is -2.43. The van der Waals surface area contributed by atoms with Crippen LogP contribution in [0.25, 0.3) is 0 Å². The lowest BCUT2D eigenvalue weighted by atomic mass is 9.79. The molecule has 1 aliphatic rings. The number of aliphatic hydroxyl groups excluding tert-OH is 1. The summed E-state index contributed by atoms with van der Waals surface area (Å²) >= 11 is 0. The number of hydrogen-bond acceptors (Lipinski definition) is 4. The Bertz CT molecular complexity index is 268. The Balaban J connectivity index is 2.52. The minimum atomic E-state index is -2.91. The molecule has 1 atom stereocenters. The number of rotatable bonds is 4. The Hall–Kier alpha value is -0.130. The first-order valence-electron chi connectivity index (χ1n) is 4.97. The molecule has 1 heterocycles. The first-order valence-corrected chi connectivity index (χ1v) is 7.03. The molecule has 14 heavy (non-hydrogen) atoms. The summed E-state index contributed by atoms with van der Waals surface area (Å²) in [6.07, 6.45) is 3.75. The highest BCUT2D eigenvalue weighted by Crippen LogP contribution is 2.29. The van der Waals surface area contributed by atoms with Gasteiger partial charge in [0.15, 0.2) is 0 Å². The lowest BCUT2D eigenvalue weighted by Gasteiger charge is -2.35. The molecule has 1 saturated heterocycles. The van der Waals surface area contributed by atoms with Crippen LogP contribution in [0, 0.1) is 5.41 Å². The van der Waals surface area contributed by atoms with Crippen LogP contribution in [0.15, 0.2) is 0 Å². The first kappa shape index (κ1) is 11.9. The summed E-state index contributed by atoms with van der Waals surface area (Å²) in [4.78, 5) is 0. The minimum Gasteiger partial charge on any atom is -0.396 e. The summed E-state index contributed by atoms with van der Waals surface area (Å²) < 4.78 is 22.1. The second-order valence-electron chi connectivity index (χ2n) is 4.32. The fourth-order valence-electron chi connectivity index (χ4n) is 1.86. The summed E-state index contributed by atoms with van der Waals surface area (Å²) in [5, 5.41) is 12.5. The standard InChI is InChI=1S/C9H19NO3S/c1-14(12,13)6-4-9(8-11)3-2-5-10-7-9/h10-11H,2-8H2,1H3. The maximum Gasteiger partial charge on any atom is 0.147 e. The average molecular weight is 221 g/mol. The molecule has 2 N–H and O–H groups in total. The van der Waals surface area contributed by atoms with Crippen molar-refractivity contribution in [3.8, 4) is 0 Å². The van der Waals surface area contributed by atoms with Crippen molar-refractivity contribution in [1.82, 2.24) is 5.32 Å². The van der Waals surface area contributed by atoms with Crippen LogP contribution >= 0.6 is 0 Å². The Labute approximate surface area is 85.6 Å². The number of piperidine rings is 1. The predicted molar refractivity (Wildman–Crippen MR) is 56.0 cm³/mol. The Kier molecular flexibility index (Phi) is 3.92. The summed E-state index contributed by atoms with van der Waals surface area (Å²) in [6.45, 7) is 1.79. The zero-order valence-corrected chi connectivity index (χ0v) is 9.44. The van der Waals surface area contributed by atoms with Crippen LogP contribution in [0.2, 0.25) is 0 Å². The van der Waals surface area contributed by atoms with Crippen LogP contribution in [-0.4, -0.2) is 45.2 Å². The predicted octanol–water partition coefficient (Wildman–Crippen LogP) is -0.217.